The average molecular weight is 283 g/mol. The third kappa shape index (κ3) is 3.01. The van der Waals surface area contributed by atoms with Crippen LogP contribution in [0.3, 0.4) is 0 Å². The summed E-state index contributed by atoms with van der Waals surface area (Å²) >= 11 is 5.98. The van der Waals surface area contributed by atoms with E-state index in [1.807, 2.05) is 0 Å². The highest BCUT2D eigenvalue weighted by Gasteiger charge is 2.28. The molecule has 1 unspecified atom stereocenters. The van der Waals surface area contributed by atoms with Crippen LogP contribution >= 0.6 is 11.6 Å². The van der Waals surface area contributed by atoms with Crippen molar-refractivity contribution < 1.29 is 9.90 Å². The molecule has 1 aliphatic heterocycles. The molecule has 4 nitrogen and oxygen atoms in total. The van der Waals surface area contributed by atoms with Crippen LogP contribution in [-0.2, 0) is 0 Å². The molecular formula is C14H19ClN2O2. The number of carbonyl (C=O) groups is 1. The molecule has 0 aromatic heterocycles. The monoisotopic (exact) mass is 282 g/mol. The molecule has 0 aliphatic carbocycles. The molecule has 1 atom stereocenters. The van der Waals surface area contributed by atoms with Crippen molar-refractivity contribution in [3.05, 3.63) is 28.8 Å². The van der Waals surface area contributed by atoms with Gasteiger partial charge in [-0.25, -0.2) is 0 Å². The summed E-state index contributed by atoms with van der Waals surface area (Å²) in [5, 5.41) is 13.0. The number of hydrogen-bond acceptors (Lipinski definition) is 3. The van der Waals surface area contributed by atoms with Gasteiger partial charge in [0.2, 0.25) is 0 Å². The first kappa shape index (κ1) is 14.2. The number of benzene rings is 1. The van der Waals surface area contributed by atoms with Crippen LogP contribution < -0.4 is 5.32 Å². The van der Waals surface area contributed by atoms with Gasteiger partial charge in [-0.3, -0.25) is 4.79 Å². The van der Waals surface area contributed by atoms with Crippen molar-refractivity contribution in [2.45, 2.75) is 25.3 Å². The van der Waals surface area contributed by atoms with E-state index in [0.29, 0.717) is 17.1 Å². The molecule has 19 heavy (non-hydrogen) atoms. The molecule has 0 spiro atoms. The third-order valence-electron chi connectivity index (χ3n) is 3.58. The molecule has 0 bridgehead atoms. The molecule has 0 saturated carbocycles. The maximum absolute atomic E-state index is 12.6. The lowest BCUT2D eigenvalue weighted by molar-refractivity contribution is 0.0504. The highest BCUT2D eigenvalue weighted by atomic mass is 35.5. The SMILES string of the molecule is CNc1ccc(Cl)cc1C(=O)N1CCCCC1CO. The van der Waals surface area contributed by atoms with Gasteiger partial charge in [0.25, 0.3) is 5.91 Å². The van der Waals surface area contributed by atoms with E-state index in [-0.39, 0.29) is 18.6 Å². The Morgan fingerprint density at radius 3 is 3.00 bits per heavy atom. The van der Waals surface area contributed by atoms with E-state index in [1.165, 1.54) is 0 Å². The normalized spacial score (nSPS) is 19.3. The largest absolute Gasteiger partial charge is 0.394 e. The van der Waals surface area contributed by atoms with E-state index in [2.05, 4.69) is 5.32 Å². The maximum Gasteiger partial charge on any atom is 0.256 e. The van der Waals surface area contributed by atoms with Gasteiger partial charge in [0.05, 0.1) is 18.2 Å². The topological polar surface area (TPSA) is 52.6 Å². The van der Waals surface area contributed by atoms with Crippen LogP contribution in [0.4, 0.5) is 5.69 Å². The molecule has 1 aromatic carbocycles. The Kier molecular flexibility index (Phi) is 4.66. The summed E-state index contributed by atoms with van der Waals surface area (Å²) in [7, 11) is 1.78. The number of halogens is 1. The van der Waals surface area contributed by atoms with E-state index < -0.39 is 0 Å². The zero-order chi connectivity index (χ0) is 13.8. The Balaban J connectivity index is 2.29. The van der Waals surface area contributed by atoms with Crippen LogP contribution in [0.2, 0.25) is 5.02 Å². The van der Waals surface area contributed by atoms with Gasteiger partial charge in [-0.15, -0.1) is 0 Å². The summed E-state index contributed by atoms with van der Waals surface area (Å²) < 4.78 is 0. The Morgan fingerprint density at radius 2 is 2.32 bits per heavy atom. The standard InChI is InChI=1S/C14H19ClN2O2/c1-16-13-6-5-10(15)8-12(13)14(19)17-7-3-2-4-11(17)9-18/h5-6,8,11,16,18H,2-4,7,9H2,1H3. The number of aliphatic hydroxyl groups excluding tert-OH is 1. The van der Waals surface area contributed by atoms with E-state index in [1.54, 1.807) is 30.1 Å². The zero-order valence-corrected chi connectivity index (χ0v) is 11.8. The number of hydrogen-bond donors (Lipinski definition) is 2. The van der Waals surface area contributed by atoms with E-state index >= 15 is 0 Å². The first-order valence-electron chi connectivity index (χ1n) is 6.56. The second kappa shape index (κ2) is 6.26. The van der Waals surface area contributed by atoms with Crippen LogP contribution in [0.5, 0.6) is 0 Å². The van der Waals surface area contributed by atoms with Crippen molar-refractivity contribution >= 4 is 23.2 Å². The molecule has 2 rings (SSSR count). The van der Waals surface area contributed by atoms with Gasteiger partial charge in [-0.05, 0) is 37.5 Å². The third-order valence-corrected chi connectivity index (χ3v) is 3.82. The van der Waals surface area contributed by atoms with Crippen LogP contribution in [0, 0.1) is 0 Å². The van der Waals surface area contributed by atoms with Crippen molar-refractivity contribution in [1.29, 1.82) is 0 Å². The van der Waals surface area contributed by atoms with E-state index in [0.717, 1.165) is 24.9 Å². The predicted molar refractivity (Wildman–Crippen MR) is 76.8 cm³/mol. The number of nitrogens with zero attached hydrogens (tertiary/aromatic N) is 1. The first-order valence-corrected chi connectivity index (χ1v) is 6.94. The fourth-order valence-electron chi connectivity index (χ4n) is 2.52. The first-order chi connectivity index (χ1) is 9.17. The second-order valence-corrected chi connectivity index (χ2v) is 5.21. The molecule has 1 saturated heterocycles. The fraction of sp³-hybridized carbons (Fsp3) is 0.500. The summed E-state index contributed by atoms with van der Waals surface area (Å²) in [5.74, 6) is -0.0643. The molecule has 1 aromatic rings. The molecule has 1 fully saturated rings. The van der Waals surface area contributed by atoms with Crippen molar-refractivity contribution in [3.63, 3.8) is 0 Å². The maximum atomic E-state index is 12.6. The average Bonchev–Trinajstić information content (AvgIpc) is 2.46. The van der Waals surface area contributed by atoms with Gasteiger partial charge in [0.1, 0.15) is 0 Å². The zero-order valence-electron chi connectivity index (χ0n) is 11.0. The lowest BCUT2D eigenvalue weighted by Gasteiger charge is -2.35. The van der Waals surface area contributed by atoms with Crippen LogP contribution in [-0.4, -0.2) is 42.2 Å². The van der Waals surface area contributed by atoms with Gasteiger partial charge >= 0.3 is 0 Å². The van der Waals surface area contributed by atoms with Gasteiger partial charge < -0.3 is 15.3 Å². The number of piperidine rings is 1. The lowest BCUT2D eigenvalue weighted by Crippen LogP contribution is -2.45. The Hall–Kier alpha value is -1.26. The lowest BCUT2D eigenvalue weighted by atomic mass is 10.0. The fourth-order valence-corrected chi connectivity index (χ4v) is 2.70. The molecule has 1 amide bonds. The highest BCUT2D eigenvalue weighted by molar-refractivity contribution is 6.31. The van der Waals surface area contributed by atoms with E-state index in [9.17, 15) is 9.90 Å². The number of amides is 1. The number of rotatable bonds is 3. The second-order valence-electron chi connectivity index (χ2n) is 4.77. The molecule has 5 heteroatoms. The summed E-state index contributed by atoms with van der Waals surface area (Å²) in [6, 6.07) is 5.15. The number of anilines is 1. The summed E-state index contributed by atoms with van der Waals surface area (Å²) in [6.45, 7) is 0.709. The quantitative estimate of drug-likeness (QED) is 0.895. The summed E-state index contributed by atoms with van der Waals surface area (Å²) in [4.78, 5) is 14.4. The van der Waals surface area contributed by atoms with Crippen LogP contribution in [0.1, 0.15) is 29.6 Å². The highest BCUT2D eigenvalue weighted by Crippen LogP contribution is 2.25. The van der Waals surface area contributed by atoms with Crippen LogP contribution in [0.25, 0.3) is 0 Å². The van der Waals surface area contributed by atoms with Crippen molar-refractivity contribution in [2.75, 3.05) is 25.5 Å². The molecular weight excluding hydrogens is 264 g/mol. The van der Waals surface area contributed by atoms with Crippen molar-refractivity contribution in [2.24, 2.45) is 0 Å². The molecule has 1 aliphatic rings. The van der Waals surface area contributed by atoms with Crippen molar-refractivity contribution in [1.82, 2.24) is 4.90 Å². The number of nitrogens with one attached hydrogen (secondary N) is 1. The summed E-state index contributed by atoms with van der Waals surface area (Å²) in [5.41, 5.74) is 1.33. The van der Waals surface area contributed by atoms with Crippen LogP contribution in [0.15, 0.2) is 18.2 Å². The predicted octanol–water partition coefficient (Wildman–Crippen LogP) is 2.37. The molecule has 104 valence electrons. The Bertz CT molecular complexity index is 465. The smallest absolute Gasteiger partial charge is 0.256 e. The van der Waals surface area contributed by atoms with Gasteiger partial charge in [-0.2, -0.15) is 0 Å². The molecule has 0 radical (unpaired) electrons. The Morgan fingerprint density at radius 1 is 1.53 bits per heavy atom. The molecule has 1 heterocycles. The Labute approximate surface area is 118 Å². The van der Waals surface area contributed by atoms with Gasteiger partial charge in [0.15, 0.2) is 0 Å². The van der Waals surface area contributed by atoms with Gasteiger partial charge in [0, 0.05) is 24.3 Å². The minimum absolute atomic E-state index is 0.0151. The van der Waals surface area contributed by atoms with Crippen molar-refractivity contribution in [3.8, 4) is 0 Å². The number of aliphatic hydroxyl groups is 1. The van der Waals surface area contributed by atoms with Gasteiger partial charge in [-0.1, -0.05) is 11.6 Å². The minimum Gasteiger partial charge on any atom is -0.394 e. The van der Waals surface area contributed by atoms with E-state index in [4.69, 9.17) is 11.6 Å². The minimum atomic E-state index is -0.0788. The number of likely N-dealkylation sites (tertiary alicyclic amines) is 1. The number of carbonyl (C=O) groups excluding carboxylic acids is 1. The summed E-state index contributed by atoms with van der Waals surface area (Å²) in [6.07, 6.45) is 2.90. The molecule has 2 N–H and O–H groups in total.